The number of carbonyl (C=O) groups is 1. The molecule has 6 nitrogen and oxygen atoms in total. The molecule has 2 N–H and O–H groups in total. The number of amides is 1. The van der Waals surface area contributed by atoms with Crippen molar-refractivity contribution >= 4 is 32.4 Å². The molecule has 0 radical (unpaired) electrons. The van der Waals surface area contributed by atoms with Crippen LogP contribution in [0.25, 0.3) is 10.8 Å². The van der Waals surface area contributed by atoms with Crippen LogP contribution < -0.4 is 14.8 Å². The summed E-state index contributed by atoms with van der Waals surface area (Å²) < 4.78 is 34.6. The summed E-state index contributed by atoms with van der Waals surface area (Å²) in [5, 5.41) is 5.00. The molecule has 4 aromatic carbocycles. The molecule has 35 heavy (non-hydrogen) atoms. The Bertz CT molecular complexity index is 1500. The molecule has 0 aliphatic carbocycles. The summed E-state index contributed by atoms with van der Waals surface area (Å²) in [6, 6.07) is 24.0. The fourth-order valence-corrected chi connectivity index (χ4v) is 5.18. The van der Waals surface area contributed by atoms with E-state index in [9.17, 15) is 13.2 Å². The summed E-state index contributed by atoms with van der Waals surface area (Å²) in [5.74, 6) is 0.356. The lowest BCUT2D eigenvalue weighted by Gasteiger charge is -2.14. The van der Waals surface area contributed by atoms with Crippen LogP contribution >= 0.6 is 0 Å². The van der Waals surface area contributed by atoms with E-state index in [1.165, 1.54) is 6.07 Å². The van der Waals surface area contributed by atoms with Gasteiger partial charge < -0.3 is 10.1 Å². The summed E-state index contributed by atoms with van der Waals surface area (Å²) in [4.78, 5) is 12.8. The molecule has 0 bridgehead atoms. The Morgan fingerprint density at radius 1 is 0.829 bits per heavy atom. The van der Waals surface area contributed by atoms with Gasteiger partial charge in [-0.1, -0.05) is 48.5 Å². The second-order valence-electron chi connectivity index (χ2n) is 8.45. The molecule has 0 aliphatic heterocycles. The molecule has 0 aliphatic rings. The van der Waals surface area contributed by atoms with Gasteiger partial charge in [0.05, 0.1) is 17.1 Å². The third-order valence-corrected chi connectivity index (χ3v) is 7.47. The van der Waals surface area contributed by atoms with Crippen LogP contribution in [0, 0.1) is 20.8 Å². The molecule has 0 saturated heterocycles. The first-order valence-corrected chi connectivity index (χ1v) is 12.8. The number of hydrogen-bond donors (Lipinski definition) is 2. The van der Waals surface area contributed by atoms with Gasteiger partial charge in [-0.25, -0.2) is 8.42 Å². The minimum atomic E-state index is -3.87. The van der Waals surface area contributed by atoms with Crippen molar-refractivity contribution in [3.63, 3.8) is 0 Å². The maximum atomic E-state index is 13.1. The first-order valence-electron chi connectivity index (χ1n) is 11.3. The molecule has 0 aromatic heterocycles. The SMILES string of the molecule is Cc1ccc(C(=O)NCCOc2ccc3ccccc3c2)cc1S(=O)(=O)Nc1cccc(C)c1C. The Hall–Kier alpha value is -3.84. The van der Waals surface area contributed by atoms with E-state index < -0.39 is 10.0 Å². The second-order valence-corrected chi connectivity index (χ2v) is 10.1. The molecule has 0 heterocycles. The predicted octanol–water partition coefficient (Wildman–Crippen LogP) is 5.37. The lowest BCUT2D eigenvalue weighted by atomic mass is 10.1. The number of aryl methyl sites for hydroxylation is 2. The minimum absolute atomic E-state index is 0.0680. The van der Waals surface area contributed by atoms with Crippen LogP contribution in [-0.4, -0.2) is 27.5 Å². The molecule has 4 rings (SSSR count). The number of sulfonamides is 1. The zero-order chi connectivity index (χ0) is 25.0. The van der Waals surface area contributed by atoms with Gasteiger partial charge in [-0.3, -0.25) is 9.52 Å². The van der Waals surface area contributed by atoms with Gasteiger partial charge >= 0.3 is 0 Å². The largest absolute Gasteiger partial charge is 0.492 e. The van der Waals surface area contributed by atoms with Crippen molar-refractivity contribution in [3.05, 3.63) is 101 Å². The minimum Gasteiger partial charge on any atom is -0.492 e. The molecular weight excluding hydrogens is 460 g/mol. The van der Waals surface area contributed by atoms with Gasteiger partial charge in [-0.15, -0.1) is 0 Å². The molecule has 0 spiro atoms. The highest BCUT2D eigenvalue weighted by atomic mass is 32.2. The number of nitrogens with one attached hydrogen (secondary N) is 2. The van der Waals surface area contributed by atoms with Crippen molar-refractivity contribution in [1.82, 2.24) is 5.32 Å². The topological polar surface area (TPSA) is 84.5 Å². The van der Waals surface area contributed by atoms with Gasteiger partial charge in [0, 0.05) is 5.56 Å². The highest BCUT2D eigenvalue weighted by molar-refractivity contribution is 7.92. The standard InChI is InChI=1S/C28H28N2O4S/c1-19-7-6-10-26(21(19)3)30-35(32,33)27-18-24(12-11-20(27)2)28(31)29-15-16-34-25-14-13-22-8-4-5-9-23(22)17-25/h4-14,17-18,30H,15-16H2,1-3H3,(H,29,31). The molecule has 7 heteroatoms. The molecular formula is C28H28N2O4S. The molecule has 0 atom stereocenters. The van der Waals surface area contributed by atoms with Crippen molar-refractivity contribution in [3.8, 4) is 5.75 Å². The highest BCUT2D eigenvalue weighted by Crippen LogP contribution is 2.24. The number of anilines is 1. The number of fused-ring (bicyclic) bond motifs is 1. The Balaban J connectivity index is 1.40. The third-order valence-electron chi connectivity index (χ3n) is 5.97. The van der Waals surface area contributed by atoms with E-state index in [0.29, 0.717) is 11.3 Å². The average molecular weight is 489 g/mol. The fourth-order valence-electron chi connectivity index (χ4n) is 3.78. The van der Waals surface area contributed by atoms with Gasteiger partial charge in [0.25, 0.3) is 15.9 Å². The first kappa shape index (κ1) is 24.3. The molecule has 180 valence electrons. The van der Waals surface area contributed by atoms with Crippen molar-refractivity contribution in [1.29, 1.82) is 0 Å². The lowest BCUT2D eigenvalue weighted by Crippen LogP contribution is -2.28. The Labute approximate surface area is 206 Å². The zero-order valence-electron chi connectivity index (χ0n) is 20.0. The Morgan fingerprint density at radius 3 is 2.40 bits per heavy atom. The Morgan fingerprint density at radius 2 is 1.60 bits per heavy atom. The maximum absolute atomic E-state index is 13.1. The van der Waals surface area contributed by atoms with E-state index in [0.717, 1.165) is 27.6 Å². The summed E-state index contributed by atoms with van der Waals surface area (Å²) >= 11 is 0. The monoisotopic (exact) mass is 488 g/mol. The lowest BCUT2D eigenvalue weighted by molar-refractivity contribution is 0.0947. The van der Waals surface area contributed by atoms with E-state index in [2.05, 4.69) is 10.0 Å². The number of hydrogen-bond acceptors (Lipinski definition) is 4. The van der Waals surface area contributed by atoms with Gasteiger partial charge in [-0.05, 0) is 78.6 Å². The van der Waals surface area contributed by atoms with Crippen LogP contribution in [0.5, 0.6) is 5.75 Å². The number of carbonyl (C=O) groups excluding carboxylic acids is 1. The third kappa shape index (κ3) is 5.63. The molecule has 0 unspecified atom stereocenters. The van der Waals surface area contributed by atoms with Gasteiger partial charge in [0.1, 0.15) is 12.4 Å². The van der Waals surface area contributed by atoms with E-state index in [1.807, 2.05) is 62.4 Å². The molecule has 4 aromatic rings. The van der Waals surface area contributed by atoms with Crippen LogP contribution in [0.15, 0.2) is 83.8 Å². The number of ether oxygens (including phenoxy) is 1. The number of rotatable bonds is 8. The quantitative estimate of drug-likeness (QED) is 0.326. The summed E-state index contributed by atoms with van der Waals surface area (Å²) in [7, 11) is -3.87. The molecule has 1 amide bonds. The molecule has 0 saturated carbocycles. The zero-order valence-corrected chi connectivity index (χ0v) is 20.8. The van der Waals surface area contributed by atoms with Gasteiger partial charge in [-0.2, -0.15) is 0 Å². The van der Waals surface area contributed by atoms with E-state index in [4.69, 9.17) is 4.74 Å². The van der Waals surface area contributed by atoms with Crippen molar-refractivity contribution < 1.29 is 17.9 Å². The van der Waals surface area contributed by atoms with Crippen molar-refractivity contribution in [2.24, 2.45) is 0 Å². The first-order chi connectivity index (χ1) is 16.7. The summed E-state index contributed by atoms with van der Waals surface area (Å²) in [6.45, 7) is 6.06. The van der Waals surface area contributed by atoms with E-state index in [1.54, 1.807) is 31.2 Å². The van der Waals surface area contributed by atoms with Crippen molar-refractivity contribution in [2.45, 2.75) is 25.7 Å². The van der Waals surface area contributed by atoms with Crippen LogP contribution in [0.3, 0.4) is 0 Å². The van der Waals surface area contributed by atoms with Gasteiger partial charge in [0.2, 0.25) is 0 Å². The van der Waals surface area contributed by atoms with Gasteiger partial charge in [0.15, 0.2) is 0 Å². The normalized spacial score (nSPS) is 11.3. The second kappa shape index (κ2) is 10.2. The molecule has 0 fully saturated rings. The van der Waals surface area contributed by atoms with E-state index in [-0.39, 0.29) is 29.5 Å². The van der Waals surface area contributed by atoms with Crippen LogP contribution in [0.4, 0.5) is 5.69 Å². The predicted molar refractivity (Wildman–Crippen MR) is 140 cm³/mol. The summed E-state index contributed by atoms with van der Waals surface area (Å²) in [6.07, 6.45) is 0. The Kier molecular flexibility index (Phi) is 7.07. The van der Waals surface area contributed by atoms with Crippen LogP contribution in [-0.2, 0) is 10.0 Å². The summed E-state index contributed by atoms with van der Waals surface area (Å²) in [5.41, 5.74) is 3.18. The smallest absolute Gasteiger partial charge is 0.262 e. The fraction of sp³-hybridized carbons (Fsp3) is 0.179. The van der Waals surface area contributed by atoms with E-state index >= 15 is 0 Å². The van der Waals surface area contributed by atoms with Crippen LogP contribution in [0.2, 0.25) is 0 Å². The maximum Gasteiger partial charge on any atom is 0.262 e. The number of benzene rings is 4. The highest BCUT2D eigenvalue weighted by Gasteiger charge is 2.20. The van der Waals surface area contributed by atoms with Crippen LogP contribution in [0.1, 0.15) is 27.0 Å². The average Bonchev–Trinajstić information content (AvgIpc) is 2.84. The van der Waals surface area contributed by atoms with Crippen molar-refractivity contribution in [2.75, 3.05) is 17.9 Å².